The number of unbranched alkanes of at least 4 members (excludes halogenated alkanes) is 23. The second-order valence-corrected chi connectivity index (χ2v) is 18.5. The Morgan fingerprint density at radius 2 is 0.982 bits per heavy atom. The van der Waals surface area contributed by atoms with Gasteiger partial charge in [0.15, 0.2) is 0 Å². The number of aliphatic hydroxyl groups excluding tert-OH is 1. The molecule has 0 spiro atoms. The van der Waals surface area contributed by atoms with Crippen molar-refractivity contribution in [1.29, 1.82) is 0 Å². The molecule has 0 saturated heterocycles. The van der Waals surface area contributed by atoms with Gasteiger partial charge in [0.05, 0.1) is 39.9 Å². The van der Waals surface area contributed by atoms with Gasteiger partial charge in [0.2, 0.25) is 5.91 Å². The van der Waals surface area contributed by atoms with Crippen molar-refractivity contribution in [2.75, 3.05) is 40.9 Å². The molecule has 0 aliphatic carbocycles. The topological polar surface area (TPSA) is 108 Å². The van der Waals surface area contributed by atoms with E-state index in [9.17, 15) is 19.4 Å². The fourth-order valence-electron chi connectivity index (χ4n) is 6.47. The number of hydrogen-bond donors (Lipinski definition) is 2. The van der Waals surface area contributed by atoms with Crippen LogP contribution in [0, 0.1) is 0 Å². The van der Waals surface area contributed by atoms with Crippen LogP contribution >= 0.6 is 7.82 Å². The largest absolute Gasteiger partial charge is 0.756 e. The van der Waals surface area contributed by atoms with E-state index in [4.69, 9.17) is 9.05 Å². The molecular weight excluding hydrogens is 732 g/mol. The lowest BCUT2D eigenvalue weighted by Crippen LogP contribution is -2.45. The number of phosphoric ester groups is 1. The molecule has 57 heavy (non-hydrogen) atoms. The third kappa shape index (κ3) is 42.4. The number of aliphatic hydroxyl groups is 1. The summed E-state index contributed by atoms with van der Waals surface area (Å²) in [4.78, 5) is 25.3. The van der Waals surface area contributed by atoms with E-state index in [0.717, 1.165) is 51.4 Å². The zero-order valence-electron chi connectivity index (χ0n) is 37.8. The van der Waals surface area contributed by atoms with Crippen LogP contribution in [-0.4, -0.2) is 68.5 Å². The molecule has 334 valence electrons. The van der Waals surface area contributed by atoms with Crippen molar-refractivity contribution in [2.45, 2.75) is 212 Å². The van der Waals surface area contributed by atoms with E-state index in [0.29, 0.717) is 17.4 Å². The number of phosphoric acid groups is 1. The molecule has 0 rings (SSSR count). The minimum Gasteiger partial charge on any atom is -0.756 e. The number of quaternary nitrogens is 1. The van der Waals surface area contributed by atoms with Crippen LogP contribution in [0.5, 0.6) is 0 Å². The van der Waals surface area contributed by atoms with Gasteiger partial charge >= 0.3 is 0 Å². The van der Waals surface area contributed by atoms with E-state index in [1.54, 1.807) is 6.08 Å². The minimum atomic E-state index is -4.60. The number of likely N-dealkylation sites (N-methyl/N-ethyl adjacent to an activating group) is 1. The van der Waals surface area contributed by atoms with Gasteiger partial charge in [-0.3, -0.25) is 9.36 Å². The molecular formula is C48H91N2O6P. The summed E-state index contributed by atoms with van der Waals surface area (Å²) in [5.41, 5.74) is 0. The van der Waals surface area contributed by atoms with E-state index in [-0.39, 0.29) is 12.5 Å². The number of carbonyl (C=O) groups is 1. The van der Waals surface area contributed by atoms with Crippen molar-refractivity contribution in [2.24, 2.45) is 0 Å². The highest BCUT2D eigenvalue weighted by Crippen LogP contribution is 2.38. The first-order valence-corrected chi connectivity index (χ1v) is 25.0. The maximum atomic E-state index is 12.9. The van der Waals surface area contributed by atoms with Crippen LogP contribution in [0.1, 0.15) is 200 Å². The first-order chi connectivity index (χ1) is 27.5. The van der Waals surface area contributed by atoms with Crippen molar-refractivity contribution < 1.29 is 32.9 Å². The molecule has 8 nitrogen and oxygen atoms in total. The molecule has 0 aliphatic heterocycles. The molecule has 0 heterocycles. The molecule has 0 fully saturated rings. The van der Waals surface area contributed by atoms with Gasteiger partial charge in [-0.15, -0.1) is 0 Å². The Kier molecular flexibility index (Phi) is 38.8. The summed E-state index contributed by atoms with van der Waals surface area (Å²) in [5.74, 6) is -0.215. The fraction of sp³-hybridized carbons (Fsp3) is 0.812. The number of rotatable bonds is 42. The maximum Gasteiger partial charge on any atom is 0.268 e. The Morgan fingerprint density at radius 3 is 1.44 bits per heavy atom. The van der Waals surface area contributed by atoms with Gasteiger partial charge < -0.3 is 28.8 Å². The first-order valence-electron chi connectivity index (χ1n) is 23.5. The van der Waals surface area contributed by atoms with Crippen molar-refractivity contribution in [3.8, 4) is 0 Å². The molecule has 0 aromatic rings. The number of amides is 1. The van der Waals surface area contributed by atoms with Gasteiger partial charge in [-0.25, -0.2) is 0 Å². The van der Waals surface area contributed by atoms with E-state index in [2.05, 4.69) is 55.6 Å². The van der Waals surface area contributed by atoms with Gasteiger partial charge in [0, 0.05) is 6.42 Å². The van der Waals surface area contributed by atoms with Crippen LogP contribution in [0.25, 0.3) is 0 Å². The number of nitrogens with one attached hydrogen (secondary N) is 1. The van der Waals surface area contributed by atoms with Crippen molar-refractivity contribution >= 4 is 13.7 Å². The zero-order chi connectivity index (χ0) is 42.1. The first kappa shape index (κ1) is 55.5. The van der Waals surface area contributed by atoms with Crippen LogP contribution in [0.4, 0.5) is 0 Å². The Bertz CT molecular complexity index is 1070. The second-order valence-electron chi connectivity index (χ2n) is 17.1. The summed E-state index contributed by atoms with van der Waals surface area (Å²) in [6.45, 7) is 4.59. The molecule has 0 aromatic carbocycles. The van der Waals surface area contributed by atoms with Gasteiger partial charge in [-0.05, 0) is 70.6 Å². The Labute approximate surface area is 352 Å². The van der Waals surface area contributed by atoms with Gasteiger partial charge in [0.1, 0.15) is 13.2 Å². The summed E-state index contributed by atoms with van der Waals surface area (Å²) in [6, 6.07) is -0.910. The molecule has 3 atom stereocenters. The van der Waals surface area contributed by atoms with Gasteiger partial charge in [-0.1, -0.05) is 172 Å². The molecule has 0 aliphatic rings. The zero-order valence-corrected chi connectivity index (χ0v) is 38.7. The highest BCUT2D eigenvalue weighted by atomic mass is 31.2. The van der Waals surface area contributed by atoms with Crippen molar-refractivity contribution in [1.82, 2.24) is 5.32 Å². The number of carbonyl (C=O) groups excluding carboxylic acids is 1. The molecule has 9 heteroatoms. The summed E-state index contributed by atoms with van der Waals surface area (Å²) in [7, 11) is 1.23. The molecule has 0 bridgehead atoms. The lowest BCUT2D eigenvalue weighted by atomic mass is 10.0. The molecule has 0 saturated carbocycles. The molecule has 0 radical (unpaired) electrons. The molecule has 0 aromatic heterocycles. The molecule has 3 unspecified atom stereocenters. The summed E-state index contributed by atoms with van der Waals surface area (Å²) >= 11 is 0. The van der Waals surface area contributed by atoms with E-state index < -0.39 is 26.6 Å². The second kappa shape index (κ2) is 39.9. The third-order valence-electron chi connectivity index (χ3n) is 10.2. The van der Waals surface area contributed by atoms with Crippen LogP contribution in [0.2, 0.25) is 0 Å². The third-order valence-corrected chi connectivity index (χ3v) is 11.2. The SMILES string of the molecule is CCCCCC/C=C/CC/C=C/CC/C=C/C(O)C(COP(=O)([O-])OCC[N+](C)(C)C)NC(=O)CCCCCCCCCCC/C=C\CCCCCCCCCC. The molecule has 1 amide bonds. The minimum absolute atomic E-state index is 0.0102. The highest BCUT2D eigenvalue weighted by molar-refractivity contribution is 7.45. The Hall–Kier alpha value is -1.54. The van der Waals surface area contributed by atoms with E-state index in [1.165, 1.54) is 128 Å². The van der Waals surface area contributed by atoms with E-state index >= 15 is 0 Å². The quantitative estimate of drug-likeness (QED) is 0.0275. The maximum absolute atomic E-state index is 12.9. The van der Waals surface area contributed by atoms with Crippen LogP contribution in [-0.2, 0) is 18.4 Å². The molecule has 2 N–H and O–H groups in total. The van der Waals surface area contributed by atoms with Gasteiger partial charge in [0.25, 0.3) is 7.82 Å². The van der Waals surface area contributed by atoms with Crippen molar-refractivity contribution in [3.05, 3.63) is 48.6 Å². The fourth-order valence-corrected chi connectivity index (χ4v) is 7.19. The Balaban J connectivity index is 4.39. The summed E-state index contributed by atoms with van der Waals surface area (Å²) in [5, 5.41) is 13.8. The summed E-state index contributed by atoms with van der Waals surface area (Å²) < 4.78 is 23.2. The monoisotopic (exact) mass is 823 g/mol. The predicted octanol–water partition coefficient (Wildman–Crippen LogP) is 12.6. The van der Waals surface area contributed by atoms with Crippen LogP contribution in [0.3, 0.4) is 0 Å². The van der Waals surface area contributed by atoms with Crippen LogP contribution < -0.4 is 10.2 Å². The normalized spacial score (nSPS) is 14.7. The average Bonchev–Trinajstić information content (AvgIpc) is 3.16. The van der Waals surface area contributed by atoms with Crippen molar-refractivity contribution in [3.63, 3.8) is 0 Å². The highest BCUT2D eigenvalue weighted by Gasteiger charge is 2.23. The number of nitrogens with zero attached hydrogens (tertiary/aromatic N) is 1. The lowest BCUT2D eigenvalue weighted by Gasteiger charge is -2.29. The smallest absolute Gasteiger partial charge is 0.268 e. The van der Waals surface area contributed by atoms with Gasteiger partial charge in [-0.2, -0.15) is 0 Å². The predicted molar refractivity (Wildman–Crippen MR) is 242 cm³/mol. The number of hydrogen-bond acceptors (Lipinski definition) is 6. The summed E-state index contributed by atoms with van der Waals surface area (Å²) in [6.07, 6.45) is 50.2. The van der Waals surface area contributed by atoms with Crippen LogP contribution in [0.15, 0.2) is 48.6 Å². The average molecular weight is 823 g/mol. The number of allylic oxidation sites excluding steroid dienone is 7. The standard InChI is InChI=1S/C48H91N2O6P/c1-6-8-10-12-14-16-18-20-22-23-24-25-26-27-28-30-32-34-36-38-40-42-48(52)49-46(45-56-57(53,54)55-44-43-50(3,4)5)47(51)41-39-37-35-33-31-29-21-19-17-15-13-11-9-7-2/h17,19,23-24,31,33,39,41,46-47,51H,6-16,18,20-22,25-30,32,34-38,40,42-45H2,1-5H3,(H-,49,52,53,54)/b19-17+,24-23-,33-31+,41-39+. The Morgan fingerprint density at radius 1 is 0.596 bits per heavy atom. The van der Waals surface area contributed by atoms with E-state index in [1.807, 2.05) is 27.2 Å². The lowest BCUT2D eigenvalue weighted by molar-refractivity contribution is -0.870.